The summed E-state index contributed by atoms with van der Waals surface area (Å²) in [5.41, 5.74) is -1.37. The molecule has 2 fully saturated rings. The van der Waals surface area contributed by atoms with Crippen LogP contribution in [0.4, 0.5) is 4.79 Å². The fourth-order valence-corrected chi connectivity index (χ4v) is 4.16. The predicted octanol–water partition coefficient (Wildman–Crippen LogP) is 4.01. The van der Waals surface area contributed by atoms with E-state index < -0.39 is 17.4 Å². The third kappa shape index (κ3) is 7.45. The van der Waals surface area contributed by atoms with E-state index in [0.717, 1.165) is 25.7 Å². The molecule has 0 spiro atoms. The number of hydrogen-bond acceptors (Lipinski definition) is 6. The topological polar surface area (TPSA) is 85.3 Å². The lowest BCUT2D eigenvalue weighted by Crippen LogP contribution is -2.50. The first kappa shape index (κ1) is 23.9. The minimum atomic E-state index is -0.771. The molecule has 1 N–H and O–H groups in total. The van der Waals surface area contributed by atoms with Crippen molar-refractivity contribution in [2.24, 2.45) is 5.92 Å². The molecular weight excluding hydrogens is 374 g/mol. The average Bonchev–Trinajstić information content (AvgIpc) is 2.92. The number of hydrogen-bond donors (Lipinski definition) is 1. The molecule has 0 bridgehead atoms. The molecular formula is C22H39NO6. The normalized spacial score (nSPS) is 23.7. The van der Waals surface area contributed by atoms with Gasteiger partial charge in [-0.2, -0.15) is 0 Å². The van der Waals surface area contributed by atoms with E-state index >= 15 is 0 Å². The highest BCUT2D eigenvalue weighted by molar-refractivity contribution is 5.70. The molecule has 7 heteroatoms. The molecule has 7 nitrogen and oxygen atoms in total. The largest absolute Gasteiger partial charge is 0.462 e. The first-order valence-electron chi connectivity index (χ1n) is 11.0. The maximum absolute atomic E-state index is 12.7. The average molecular weight is 414 g/mol. The molecule has 1 heterocycles. The molecule has 1 saturated carbocycles. The number of amides is 1. The van der Waals surface area contributed by atoms with Gasteiger partial charge in [0.25, 0.3) is 0 Å². The zero-order chi connectivity index (χ0) is 21.7. The van der Waals surface area contributed by atoms with Crippen molar-refractivity contribution in [1.29, 1.82) is 0 Å². The van der Waals surface area contributed by atoms with E-state index in [9.17, 15) is 14.7 Å². The number of carbonyl (C=O) groups excluding carboxylic acids is 2. The monoisotopic (exact) mass is 413 g/mol. The molecule has 0 aromatic rings. The quantitative estimate of drug-likeness (QED) is 0.635. The third-order valence-corrected chi connectivity index (χ3v) is 5.64. The first-order chi connectivity index (χ1) is 13.5. The lowest BCUT2D eigenvalue weighted by molar-refractivity contribution is -0.151. The number of esters is 1. The lowest BCUT2D eigenvalue weighted by Gasteiger charge is -2.36. The number of aliphatic hydroxyl groups is 1. The highest BCUT2D eigenvalue weighted by Crippen LogP contribution is 2.33. The van der Waals surface area contributed by atoms with Gasteiger partial charge in [-0.25, -0.2) is 4.79 Å². The van der Waals surface area contributed by atoms with Crippen LogP contribution < -0.4 is 0 Å². The zero-order valence-corrected chi connectivity index (χ0v) is 18.7. The van der Waals surface area contributed by atoms with Gasteiger partial charge < -0.3 is 19.3 Å². The Kier molecular flexibility index (Phi) is 8.35. The summed E-state index contributed by atoms with van der Waals surface area (Å²) in [5, 5.41) is 9.83. The Bertz CT molecular complexity index is 550. The Labute approximate surface area is 175 Å². The summed E-state index contributed by atoms with van der Waals surface area (Å²) in [5.74, 6) is -0.302. The maximum atomic E-state index is 12.7. The molecule has 1 saturated heterocycles. The Hall–Kier alpha value is -1.34. The molecule has 2 aliphatic rings. The van der Waals surface area contributed by atoms with Crippen molar-refractivity contribution >= 4 is 12.1 Å². The summed E-state index contributed by atoms with van der Waals surface area (Å²) in [6.45, 7) is 9.51. The fourth-order valence-electron chi connectivity index (χ4n) is 4.16. The van der Waals surface area contributed by atoms with Crippen LogP contribution in [0.2, 0.25) is 0 Å². The van der Waals surface area contributed by atoms with Crippen molar-refractivity contribution in [3.05, 3.63) is 0 Å². The predicted molar refractivity (Wildman–Crippen MR) is 109 cm³/mol. The SMILES string of the molecule is CC(C)(C)OC(=O)N1C(C[C@H](CO)CCC(=O)OC2CCCCC2)COC1(C)C. The number of aliphatic hydroxyl groups excluding tert-OH is 1. The van der Waals surface area contributed by atoms with Crippen LogP contribution in [-0.4, -0.2) is 58.8 Å². The summed E-state index contributed by atoms with van der Waals surface area (Å²) in [6.07, 6.45) is 6.36. The van der Waals surface area contributed by atoms with Gasteiger partial charge in [0.05, 0.1) is 12.6 Å². The summed E-state index contributed by atoms with van der Waals surface area (Å²) in [7, 11) is 0. The Morgan fingerprint density at radius 1 is 1.21 bits per heavy atom. The molecule has 2 atom stereocenters. The van der Waals surface area contributed by atoms with Gasteiger partial charge in [-0.05, 0) is 79.1 Å². The second kappa shape index (κ2) is 10.1. The molecule has 0 aromatic heterocycles. The number of rotatable bonds is 7. The van der Waals surface area contributed by atoms with E-state index in [4.69, 9.17) is 14.2 Å². The van der Waals surface area contributed by atoms with Gasteiger partial charge in [0.1, 0.15) is 17.4 Å². The van der Waals surface area contributed by atoms with E-state index in [1.165, 1.54) is 6.42 Å². The number of ether oxygens (including phenoxy) is 3. The molecule has 29 heavy (non-hydrogen) atoms. The van der Waals surface area contributed by atoms with E-state index in [0.29, 0.717) is 19.4 Å². The van der Waals surface area contributed by atoms with Crippen molar-refractivity contribution in [2.45, 2.75) is 109 Å². The molecule has 1 unspecified atom stereocenters. The van der Waals surface area contributed by atoms with Crippen LogP contribution in [0, 0.1) is 5.92 Å². The Balaban J connectivity index is 1.88. The van der Waals surface area contributed by atoms with Gasteiger partial charge in [0.15, 0.2) is 0 Å². The molecule has 1 amide bonds. The maximum Gasteiger partial charge on any atom is 0.412 e. The molecule has 2 rings (SSSR count). The van der Waals surface area contributed by atoms with Crippen molar-refractivity contribution in [3.63, 3.8) is 0 Å². The summed E-state index contributed by atoms with van der Waals surface area (Å²) < 4.78 is 17.0. The van der Waals surface area contributed by atoms with Gasteiger partial charge in [0, 0.05) is 13.0 Å². The van der Waals surface area contributed by atoms with Crippen LogP contribution in [0.15, 0.2) is 0 Å². The minimum Gasteiger partial charge on any atom is -0.462 e. The van der Waals surface area contributed by atoms with Gasteiger partial charge >= 0.3 is 12.1 Å². The van der Waals surface area contributed by atoms with Crippen molar-refractivity contribution in [3.8, 4) is 0 Å². The minimum absolute atomic E-state index is 0.0458. The Morgan fingerprint density at radius 3 is 2.45 bits per heavy atom. The highest BCUT2D eigenvalue weighted by atomic mass is 16.6. The van der Waals surface area contributed by atoms with Crippen molar-refractivity contribution in [2.75, 3.05) is 13.2 Å². The molecule has 1 aliphatic heterocycles. The lowest BCUT2D eigenvalue weighted by atomic mass is 9.95. The Morgan fingerprint density at radius 2 is 1.86 bits per heavy atom. The van der Waals surface area contributed by atoms with E-state index in [1.807, 2.05) is 34.6 Å². The number of nitrogens with zero attached hydrogens (tertiary/aromatic N) is 1. The second-order valence-electron chi connectivity index (χ2n) is 9.83. The number of carbonyl (C=O) groups is 2. The van der Waals surface area contributed by atoms with E-state index in [1.54, 1.807) is 4.90 Å². The van der Waals surface area contributed by atoms with Crippen molar-refractivity contribution < 1.29 is 28.9 Å². The van der Waals surface area contributed by atoms with Crippen LogP contribution >= 0.6 is 0 Å². The van der Waals surface area contributed by atoms with Crippen LogP contribution in [0.25, 0.3) is 0 Å². The zero-order valence-electron chi connectivity index (χ0n) is 18.7. The van der Waals surface area contributed by atoms with Gasteiger partial charge in [-0.1, -0.05) is 6.42 Å². The van der Waals surface area contributed by atoms with Gasteiger partial charge in [0.2, 0.25) is 0 Å². The van der Waals surface area contributed by atoms with Gasteiger partial charge in [-0.3, -0.25) is 9.69 Å². The van der Waals surface area contributed by atoms with Crippen LogP contribution in [0.1, 0.15) is 86.0 Å². The first-order valence-corrected chi connectivity index (χ1v) is 11.0. The summed E-state index contributed by atoms with van der Waals surface area (Å²) in [6, 6.07) is -0.202. The fraction of sp³-hybridized carbons (Fsp3) is 0.909. The molecule has 0 radical (unpaired) electrons. The molecule has 168 valence electrons. The van der Waals surface area contributed by atoms with Crippen LogP contribution in [0.5, 0.6) is 0 Å². The van der Waals surface area contributed by atoms with E-state index in [2.05, 4.69) is 0 Å². The summed E-state index contributed by atoms with van der Waals surface area (Å²) in [4.78, 5) is 26.5. The highest BCUT2D eigenvalue weighted by Gasteiger charge is 2.46. The smallest absolute Gasteiger partial charge is 0.412 e. The van der Waals surface area contributed by atoms with E-state index in [-0.39, 0.29) is 37.1 Å². The van der Waals surface area contributed by atoms with Crippen LogP contribution in [-0.2, 0) is 19.0 Å². The van der Waals surface area contributed by atoms with Crippen molar-refractivity contribution in [1.82, 2.24) is 4.90 Å². The second-order valence-corrected chi connectivity index (χ2v) is 9.83. The third-order valence-electron chi connectivity index (χ3n) is 5.64. The van der Waals surface area contributed by atoms with Crippen LogP contribution in [0.3, 0.4) is 0 Å². The van der Waals surface area contributed by atoms with Gasteiger partial charge in [-0.15, -0.1) is 0 Å². The molecule has 1 aliphatic carbocycles. The summed E-state index contributed by atoms with van der Waals surface area (Å²) >= 11 is 0. The standard InChI is InChI=1S/C22H39NO6/c1-21(2,3)29-20(26)23-17(15-27-22(23,4)5)13-16(14-24)11-12-19(25)28-18-9-7-6-8-10-18/h16-18,24H,6-15H2,1-5H3/t16-,17?/m1/s1. The molecule has 0 aromatic carbocycles.